The molecule has 2 aliphatic heterocycles. The van der Waals surface area contributed by atoms with Crippen molar-refractivity contribution < 1.29 is 4.79 Å². The lowest BCUT2D eigenvalue weighted by Crippen LogP contribution is -2.27. The van der Waals surface area contributed by atoms with Gasteiger partial charge in [-0.3, -0.25) is 4.79 Å². The number of amides is 1. The summed E-state index contributed by atoms with van der Waals surface area (Å²) in [6.45, 7) is 2.52. The zero-order valence-electron chi connectivity index (χ0n) is 13.9. The molecule has 1 atom stereocenters. The second-order valence-corrected chi connectivity index (χ2v) is 6.53. The van der Waals surface area contributed by atoms with Gasteiger partial charge >= 0.3 is 0 Å². The number of rotatable bonds is 4. The van der Waals surface area contributed by atoms with Gasteiger partial charge in [-0.25, -0.2) is 0 Å². The van der Waals surface area contributed by atoms with Crippen LogP contribution in [0.4, 0.5) is 11.5 Å². The first-order valence-electron chi connectivity index (χ1n) is 8.64. The molecule has 4 rings (SSSR count). The van der Waals surface area contributed by atoms with Crippen LogP contribution in [0.25, 0.3) is 0 Å². The molecule has 0 radical (unpaired) electrons. The van der Waals surface area contributed by atoms with Crippen LogP contribution in [0.5, 0.6) is 0 Å². The Morgan fingerprint density at radius 2 is 2.08 bits per heavy atom. The molecule has 1 aromatic carbocycles. The van der Waals surface area contributed by atoms with E-state index in [9.17, 15) is 4.79 Å². The lowest BCUT2D eigenvalue weighted by atomic mass is 9.98. The quantitative estimate of drug-likeness (QED) is 0.860. The van der Waals surface area contributed by atoms with Gasteiger partial charge in [0, 0.05) is 37.7 Å². The largest absolute Gasteiger partial charge is 0.343 e. The topological polar surface area (TPSA) is 73.1 Å². The maximum Gasteiger partial charge on any atom is 0.222 e. The predicted octanol–water partition coefficient (Wildman–Crippen LogP) is 2.60. The number of likely N-dealkylation sites (tertiary alicyclic amines) is 1. The van der Waals surface area contributed by atoms with E-state index >= 15 is 0 Å². The normalized spacial score (nSPS) is 19.2. The van der Waals surface area contributed by atoms with Crippen LogP contribution < -0.4 is 4.90 Å². The summed E-state index contributed by atoms with van der Waals surface area (Å²) in [6.07, 6.45) is 2.62. The number of hydrogen-bond donors (Lipinski definition) is 0. The summed E-state index contributed by atoms with van der Waals surface area (Å²) in [7, 11) is 0. The van der Waals surface area contributed by atoms with E-state index in [1.165, 1.54) is 5.56 Å². The van der Waals surface area contributed by atoms with Crippen molar-refractivity contribution in [1.29, 1.82) is 5.26 Å². The first-order chi connectivity index (χ1) is 12.3. The molecule has 0 spiro atoms. The van der Waals surface area contributed by atoms with E-state index in [4.69, 9.17) is 5.26 Å². The average Bonchev–Trinajstić information content (AvgIpc) is 3.23. The van der Waals surface area contributed by atoms with E-state index in [-0.39, 0.29) is 5.91 Å². The molecule has 0 aliphatic carbocycles. The predicted molar refractivity (Wildman–Crippen MR) is 93.4 cm³/mol. The summed E-state index contributed by atoms with van der Waals surface area (Å²) in [5.74, 6) is 1.40. The minimum Gasteiger partial charge on any atom is -0.343 e. The van der Waals surface area contributed by atoms with E-state index < -0.39 is 0 Å². The Labute approximate surface area is 146 Å². The van der Waals surface area contributed by atoms with Crippen molar-refractivity contribution in [3.8, 4) is 6.07 Å². The van der Waals surface area contributed by atoms with Crippen molar-refractivity contribution in [1.82, 2.24) is 15.1 Å². The van der Waals surface area contributed by atoms with E-state index in [1.54, 1.807) is 6.07 Å². The third-order valence-corrected chi connectivity index (χ3v) is 5.03. The lowest BCUT2D eigenvalue weighted by Gasteiger charge is -2.20. The van der Waals surface area contributed by atoms with Crippen molar-refractivity contribution in [3.05, 3.63) is 47.7 Å². The van der Waals surface area contributed by atoms with E-state index in [2.05, 4.69) is 33.3 Å². The molecule has 0 bridgehead atoms. The Kier molecular flexibility index (Phi) is 4.06. The molecule has 1 unspecified atom stereocenters. The highest BCUT2D eigenvalue weighted by Crippen LogP contribution is 2.41. The summed E-state index contributed by atoms with van der Waals surface area (Å²) >= 11 is 0. The van der Waals surface area contributed by atoms with E-state index in [1.807, 2.05) is 23.1 Å². The third kappa shape index (κ3) is 2.93. The van der Waals surface area contributed by atoms with Gasteiger partial charge in [0.25, 0.3) is 0 Å². The molecule has 25 heavy (non-hydrogen) atoms. The van der Waals surface area contributed by atoms with Gasteiger partial charge < -0.3 is 9.80 Å². The van der Waals surface area contributed by atoms with Gasteiger partial charge in [0.2, 0.25) is 5.91 Å². The number of nitrogens with zero attached hydrogens (tertiary/aromatic N) is 5. The van der Waals surface area contributed by atoms with Crippen LogP contribution in [0.2, 0.25) is 0 Å². The van der Waals surface area contributed by atoms with Crippen molar-refractivity contribution in [2.75, 3.05) is 24.5 Å². The number of benzene rings is 1. The standard InChI is InChI=1S/C19H19N5O/c20-12-15-7-8-18(22-21-15)24-13-14(16-4-1-2-5-17(16)24)9-11-23-10-3-6-19(23)25/h1-2,4-5,7-8,14H,3,6,9-11,13H2. The van der Waals surface area contributed by atoms with Gasteiger partial charge in [-0.2, -0.15) is 5.26 Å². The van der Waals surface area contributed by atoms with Crippen LogP contribution in [0.15, 0.2) is 36.4 Å². The first-order valence-corrected chi connectivity index (χ1v) is 8.64. The van der Waals surface area contributed by atoms with Crippen molar-refractivity contribution in [2.24, 2.45) is 0 Å². The molecule has 1 fully saturated rings. The number of fused-ring (bicyclic) bond motifs is 1. The Morgan fingerprint density at radius 1 is 1.20 bits per heavy atom. The minimum atomic E-state index is 0.279. The Hall–Kier alpha value is -2.94. The van der Waals surface area contributed by atoms with Crippen LogP contribution in [-0.4, -0.2) is 40.6 Å². The molecule has 0 saturated carbocycles. The van der Waals surface area contributed by atoms with Gasteiger partial charge in [0.15, 0.2) is 11.5 Å². The molecular weight excluding hydrogens is 314 g/mol. The van der Waals surface area contributed by atoms with Crippen LogP contribution in [-0.2, 0) is 4.79 Å². The monoisotopic (exact) mass is 333 g/mol. The van der Waals surface area contributed by atoms with Gasteiger partial charge in [0.05, 0.1) is 0 Å². The summed E-state index contributed by atoms with van der Waals surface area (Å²) in [5, 5.41) is 17.0. The molecule has 126 valence electrons. The summed E-state index contributed by atoms with van der Waals surface area (Å²) in [4.78, 5) is 16.0. The zero-order chi connectivity index (χ0) is 17.2. The number of hydrogen-bond acceptors (Lipinski definition) is 5. The third-order valence-electron chi connectivity index (χ3n) is 5.03. The van der Waals surface area contributed by atoms with Crippen LogP contribution in [0, 0.1) is 11.3 Å². The fourth-order valence-electron chi connectivity index (χ4n) is 3.74. The van der Waals surface area contributed by atoms with Gasteiger partial charge in [-0.05, 0) is 36.6 Å². The average molecular weight is 333 g/mol. The lowest BCUT2D eigenvalue weighted by molar-refractivity contribution is -0.127. The van der Waals surface area contributed by atoms with E-state index in [0.717, 1.165) is 44.0 Å². The first kappa shape index (κ1) is 15.6. The summed E-state index contributed by atoms with van der Waals surface area (Å²) < 4.78 is 0. The molecule has 1 amide bonds. The number of anilines is 2. The number of nitriles is 1. The smallest absolute Gasteiger partial charge is 0.222 e. The second kappa shape index (κ2) is 6.52. The van der Waals surface area contributed by atoms with Crippen LogP contribution in [0.3, 0.4) is 0 Å². The highest BCUT2D eigenvalue weighted by atomic mass is 16.2. The van der Waals surface area contributed by atoms with Gasteiger partial charge in [0.1, 0.15) is 6.07 Å². The molecular formula is C19H19N5O. The molecule has 6 nitrogen and oxygen atoms in total. The molecule has 0 N–H and O–H groups in total. The Bertz CT molecular complexity index is 826. The molecule has 3 heterocycles. The highest BCUT2D eigenvalue weighted by molar-refractivity contribution is 5.78. The maximum atomic E-state index is 11.8. The Morgan fingerprint density at radius 3 is 2.80 bits per heavy atom. The fourth-order valence-corrected chi connectivity index (χ4v) is 3.74. The SMILES string of the molecule is N#Cc1ccc(N2CC(CCN3CCCC3=O)c3ccccc32)nn1. The summed E-state index contributed by atoms with van der Waals surface area (Å²) in [5.41, 5.74) is 2.75. The van der Waals surface area contributed by atoms with Gasteiger partial charge in [-0.15, -0.1) is 10.2 Å². The van der Waals surface area contributed by atoms with Crippen molar-refractivity contribution >= 4 is 17.4 Å². The second-order valence-electron chi connectivity index (χ2n) is 6.53. The van der Waals surface area contributed by atoms with Crippen molar-refractivity contribution in [2.45, 2.75) is 25.2 Å². The minimum absolute atomic E-state index is 0.279. The number of carbonyl (C=O) groups excluding carboxylic acids is 1. The van der Waals surface area contributed by atoms with Crippen LogP contribution in [0.1, 0.15) is 36.4 Å². The zero-order valence-corrected chi connectivity index (χ0v) is 13.9. The Balaban J connectivity index is 1.54. The molecule has 1 saturated heterocycles. The summed E-state index contributed by atoms with van der Waals surface area (Å²) in [6, 6.07) is 13.9. The fraction of sp³-hybridized carbons (Fsp3) is 0.368. The van der Waals surface area contributed by atoms with Gasteiger partial charge in [-0.1, -0.05) is 18.2 Å². The molecule has 2 aromatic rings. The van der Waals surface area contributed by atoms with Crippen LogP contribution >= 0.6 is 0 Å². The maximum absolute atomic E-state index is 11.8. The molecule has 2 aliphatic rings. The molecule has 1 aromatic heterocycles. The van der Waals surface area contributed by atoms with E-state index in [0.29, 0.717) is 18.0 Å². The number of carbonyl (C=O) groups is 1. The number of aromatic nitrogens is 2. The van der Waals surface area contributed by atoms with Crippen molar-refractivity contribution in [3.63, 3.8) is 0 Å². The highest BCUT2D eigenvalue weighted by Gasteiger charge is 2.31. The molecule has 6 heteroatoms. The number of para-hydroxylation sites is 1.